The van der Waals surface area contributed by atoms with Gasteiger partial charge in [-0.05, 0) is 43.7 Å². The van der Waals surface area contributed by atoms with Gasteiger partial charge in [0.2, 0.25) is 0 Å². The van der Waals surface area contributed by atoms with Crippen molar-refractivity contribution in [2.24, 2.45) is 17.1 Å². The minimum atomic E-state index is 0.575. The van der Waals surface area contributed by atoms with Crippen LogP contribution in [0.4, 0.5) is 0 Å². The highest BCUT2D eigenvalue weighted by Crippen LogP contribution is 2.36. The van der Waals surface area contributed by atoms with E-state index in [1.54, 1.807) is 0 Å². The van der Waals surface area contributed by atoms with Crippen molar-refractivity contribution in [3.8, 4) is 0 Å². The summed E-state index contributed by atoms with van der Waals surface area (Å²) in [7, 11) is 0. The van der Waals surface area contributed by atoms with Crippen LogP contribution in [0.3, 0.4) is 0 Å². The lowest BCUT2D eigenvalue weighted by Crippen LogP contribution is -2.35. The molecule has 1 atom stereocenters. The van der Waals surface area contributed by atoms with Gasteiger partial charge in [-0.2, -0.15) is 0 Å². The second-order valence-corrected chi connectivity index (χ2v) is 5.54. The molecular formula is C13H28N2. The first-order chi connectivity index (χ1) is 7.20. The molecule has 0 amide bonds. The summed E-state index contributed by atoms with van der Waals surface area (Å²) >= 11 is 0. The van der Waals surface area contributed by atoms with Gasteiger partial charge in [-0.15, -0.1) is 0 Å². The number of hydrogen-bond donors (Lipinski definition) is 2. The van der Waals surface area contributed by atoms with Crippen LogP contribution < -0.4 is 11.1 Å². The Morgan fingerprint density at radius 1 is 1.33 bits per heavy atom. The van der Waals surface area contributed by atoms with E-state index in [-0.39, 0.29) is 0 Å². The summed E-state index contributed by atoms with van der Waals surface area (Å²) in [6, 6.07) is 0. The third-order valence-electron chi connectivity index (χ3n) is 3.83. The van der Waals surface area contributed by atoms with E-state index in [2.05, 4.69) is 19.2 Å². The first-order valence-electron chi connectivity index (χ1n) is 6.61. The van der Waals surface area contributed by atoms with Gasteiger partial charge in [-0.25, -0.2) is 0 Å². The van der Waals surface area contributed by atoms with Gasteiger partial charge >= 0.3 is 0 Å². The molecule has 0 aromatic carbocycles. The van der Waals surface area contributed by atoms with Gasteiger partial charge < -0.3 is 11.1 Å². The average Bonchev–Trinajstić information content (AvgIpc) is 2.64. The van der Waals surface area contributed by atoms with Crippen molar-refractivity contribution in [2.75, 3.05) is 19.6 Å². The Balaban J connectivity index is 2.13. The minimum absolute atomic E-state index is 0.575. The van der Waals surface area contributed by atoms with E-state index in [9.17, 15) is 0 Å². The van der Waals surface area contributed by atoms with E-state index in [0.29, 0.717) is 11.3 Å². The Bertz CT molecular complexity index is 162. The topological polar surface area (TPSA) is 38.0 Å². The van der Waals surface area contributed by atoms with Gasteiger partial charge in [0.05, 0.1) is 0 Å². The zero-order valence-electron chi connectivity index (χ0n) is 10.5. The molecule has 0 radical (unpaired) electrons. The highest BCUT2D eigenvalue weighted by molar-refractivity contribution is 4.82. The van der Waals surface area contributed by atoms with Crippen molar-refractivity contribution in [1.82, 2.24) is 5.32 Å². The molecule has 1 aliphatic rings. The number of nitrogens with one attached hydrogen (secondary N) is 1. The number of hydrogen-bond acceptors (Lipinski definition) is 2. The van der Waals surface area contributed by atoms with Gasteiger partial charge in [0, 0.05) is 6.54 Å². The van der Waals surface area contributed by atoms with Crippen LogP contribution in [0, 0.1) is 11.3 Å². The Labute approximate surface area is 95.0 Å². The van der Waals surface area contributed by atoms with Crippen LogP contribution in [0.15, 0.2) is 0 Å². The summed E-state index contributed by atoms with van der Waals surface area (Å²) < 4.78 is 0. The Morgan fingerprint density at radius 2 is 2.00 bits per heavy atom. The number of rotatable bonds is 7. The molecule has 0 spiro atoms. The van der Waals surface area contributed by atoms with Crippen molar-refractivity contribution in [2.45, 2.75) is 52.4 Å². The maximum Gasteiger partial charge on any atom is 0.000528 e. The van der Waals surface area contributed by atoms with Gasteiger partial charge in [0.15, 0.2) is 0 Å². The first-order valence-corrected chi connectivity index (χ1v) is 6.61. The van der Waals surface area contributed by atoms with Crippen molar-refractivity contribution in [1.29, 1.82) is 0 Å². The molecule has 1 rings (SSSR count). The quantitative estimate of drug-likeness (QED) is 0.680. The van der Waals surface area contributed by atoms with Crippen molar-refractivity contribution in [3.05, 3.63) is 0 Å². The summed E-state index contributed by atoms with van der Waals surface area (Å²) in [6.45, 7) is 7.79. The van der Waals surface area contributed by atoms with Crippen molar-refractivity contribution >= 4 is 0 Å². The molecule has 0 bridgehead atoms. The zero-order chi connectivity index (χ0) is 11.1. The summed E-state index contributed by atoms with van der Waals surface area (Å²) in [5, 5.41) is 3.62. The molecule has 0 aromatic heterocycles. The molecule has 0 aromatic rings. The van der Waals surface area contributed by atoms with Crippen LogP contribution in [-0.2, 0) is 0 Å². The number of nitrogens with two attached hydrogens (primary N) is 1. The second kappa shape index (κ2) is 6.49. The van der Waals surface area contributed by atoms with Crippen LogP contribution in [0.2, 0.25) is 0 Å². The highest BCUT2D eigenvalue weighted by atomic mass is 14.9. The third kappa shape index (κ3) is 4.52. The van der Waals surface area contributed by atoms with Crippen molar-refractivity contribution < 1.29 is 0 Å². The van der Waals surface area contributed by atoms with Gasteiger partial charge in [-0.1, -0.05) is 33.1 Å². The monoisotopic (exact) mass is 212 g/mol. The van der Waals surface area contributed by atoms with E-state index < -0.39 is 0 Å². The van der Waals surface area contributed by atoms with Crippen LogP contribution in [0.1, 0.15) is 52.4 Å². The van der Waals surface area contributed by atoms with Crippen LogP contribution in [-0.4, -0.2) is 19.6 Å². The summed E-state index contributed by atoms with van der Waals surface area (Å²) in [5.41, 5.74) is 6.32. The van der Waals surface area contributed by atoms with E-state index in [4.69, 9.17) is 5.73 Å². The fourth-order valence-corrected chi connectivity index (χ4v) is 2.69. The summed E-state index contributed by atoms with van der Waals surface area (Å²) in [6.07, 6.45) is 8.17. The fourth-order valence-electron chi connectivity index (χ4n) is 2.69. The SMILES string of the molecule is CCCC(CN)CNCC1(C)CCCC1. The Morgan fingerprint density at radius 3 is 2.53 bits per heavy atom. The molecule has 90 valence electrons. The van der Waals surface area contributed by atoms with Crippen molar-refractivity contribution in [3.63, 3.8) is 0 Å². The molecule has 0 saturated heterocycles. The zero-order valence-corrected chi connectivity index (χ0v) is 10.5. The van der Waals surface area contributed by atoms with Crippen LogP contribution in [0.25, 0.3) is 0 Å². The van der Waals surface area contributed by atoms with Crippen LogP contribution >= 0.6 is 0 Å². The van der Waals surface area contributed by atoms with E-state index >= 15 is 0 Å². The molecule has 3 N–H and O–H groups in total. The molecule has 1 aliphatic carbocycles. The standard InChI is InChI=1S/C13H28N2/c1-3-6-12(9-14)10-15-11-13(2)7-4-5-8-13/h12,15H,3-11,14H2,1-2H3. The Hall–Kier alpha value is -0.0800. The van der Waals surface area contributed by atoms with E-state index in [1.165, 1.54) is 45.1 Å². The minimum Gasteiger partial charge on any atom is -0.330 e. The average molecular weight is 212 g/mol. The molecule has 1 saturated carbocycles. The molecule has 0 aliphatic heterocycles. The molecule has 0 heterocycles. The summed E-state index contributed by atoms with van der Waals surface area (Å²) in [4.78, 5) is 0. The lowest BCUT2D eigenvalue weighted by molar-refractivity contribution is 0.301. The van der Waals surface area contributed by atoms with Gasteiger partial charge in [0.25, 0.3) is 0 Å². The van der Waals surface area contributed by atoms with Gasteiger partial charge in [0.1, 0.15) is 0 Å². The predicted octanol–water partition coefficient (Wildman–Crippen LogP) is 2.53. The highest BCUT2D eigenvalue weighted by Gasteiger charge is 2.27. The second-order valence-electron chi connectivity index (χ2n) is 5.54. The molecule has 15 heavy (non-hydrogen) atoms. The maximum atomic E-state index is 5.75. The summed E-state index contributed by atoms with van der Waals surface area (Å²) in [5.74, 6) is 0.681. The third-order valence-corrected chi connectivity index (χ3v) is 3.83. The smallest absolute Gasteiger partial charge is 0.000528 e. The molecular weight excluding hydrogens is 184 g/mol. The van der Waals surface area contributed by atoms with E-state index in [1.807, 2.05) is 0 Å². The van der Waals surface area contributed by atoms with Gasteiger partial charge in [-0.3, -0.25) is 0 Å². The molecule has 2 heteroatoms. The Kier molecular flexibility index (Phi) is 5.62. The molecule has 2 nitrogen and oxygen atoms in total. The first kappa shape index (κ1) is 13.0. The van der Waals surface area contributed by atoms with Crippen LogP contribution in [0.5, 0.6) is 0 Å². The largest absolute Gasteiger partial charge is 0.330 e. The normalized spacial score (nSPS) is 21.8. The maximum absolute atomic E-state index is 5.75. The molecule has 1 fully saturated rings. The lowest BCUT2D eigenvalue weighted by Gasteiger charge is -2.25. The predicted molar refractivity (Wildman–Crippen MR) is 66.9 cm³/mol. The fraction of sp³-hybridized carbons (Fsp3) is 1.00. The molecule has 1 unspecified atom stereocenters. The van der Waals surface area contributed by atoms with E-state index in [0.717, 1.165) is 13.1 Å². The lowest BCUT2D eigenvalue weighted by atomic mass is 9.88.